The van der Waals surface area contributed by atoms with E-state index in [1.807, 2.05) is 19.2 Å². The Hall–Kier alpha value is -0.660. The number of rotatable bonds is 7. The van der Waals surface area contributed by atoms with Gasteiger partial charge in [-0.05, 0) is 6.54 Å². The van der Waals surface area contributed by atoms with Crippen molar-refractivity contribution in [3.8, 4) is 0 Å². The van der Waals surface area contributed by atoms with E-state index >= 15 is 0 Å². The fraction of sp³-hybridized carbons (Fsp3) is 0.727. The highest BCUT2D eigenvalue weighted by atomic mass is 32.1. The van der Waals surface area contributed by atoms with E-state index in [1.54, 1.807) is 0 Å². The van der Waals surface area contributed by atoms with Crippen LogP contribution in [0.1, 0.15) is 30.5 Å². The molecule has 0 aliphatic rings. The maximum absolute atomic E-state index is 11.9. The smallest absolute Gasteiger partial charge is 0.365 e. The minimum absolute atomic E-state index is 0.0852. The molecule has 0 amide bonds. The molecule has 1 rings (SSSR count). The Morgan fingerprint density at radius 1 is 1.50 bits per heavy atom. The maximum Gasteiger partial charge on any atom is 0.411 e. The molecule has 0 saturated carbocycles. The summed E-state index contributed by atoms with van der Waals surface area (Å²) < 4.78 is 40.2. The minimum Gasteiger partial charge on any atom is -0.365 e. The molecular weight excluding hydrogens is 265 g/mol. The van der Waals surface area contributed by atoms with Crippen LogP contribution in [0.4, 0.5) is 13.2 Å². The van der Waals surface area contributed by atoms with Gasteiger partial charge in [0.15, 0.2) is 0 Å². The van der Waals surface area contributed by atoms with Gasteiger partial charge in [-0.2, -0.15) is 13.2 Å². The zero-order valence-electron chi connectivity index (χ0n) is 10.4. The highest BCUT2D eigenvalue weighted by molar-refractivity contribution is 7.09. The van der Waals surface area contributed by atoms with E-state index in [9.17, 15) is 13.2 Å². The number of likely N-dealkylation sites (N-methyl/N-ethyl adjacent to an activating group) is 1. The van der Waals surface area contributed by atoms with Gasteiger partial charge in [-0.25, -0.2) is 4.98 Å². The Morgan fingerprint density at radius 2 is 2.22 bits per heavy atom. The number of alkyl halides is 3. The molecule has 1 aromatic rings. The van der Waals surface area contributed by atoms with Crippen LogP contribution in [0.3, 0.4) is 0 Å². The van der Waals surface area contributed by atoms with E-state index in [0.717, 1.165) is 18.8 Å². The van der Waals surface area contributed by atoms with Crippen molar-refractivity contribution >= 4 is 11.3 Å². The number of ether oxygens (including phenoxy) is 1. The van der Waals surface area contributed by atoms with Gasteiger partial charge in [0.2, 0.25) is 0 Å². The first-order valence-corrected chi connectivity index (χ1v) is 6.60. The first-order chi connectivity index (χ1) is 8.42. The van der Waals surface area contributed by atoms with E-state index in [0.29, 0.717) is 5.01 Å². The highest BCUT2D eigenvalue weighted by Gasteiger charge is 2.27. The van der Waals surface area contributed by atoms with Crippen LogP contribution in [0.5, 0.6) is 0 Å². The minimum atomic E-state index is -4.28. The molecule has 0 bridgehead atoms. The van der Waals surface area contributed by atoms with Crippen LogP contribution in [-0.4, -0.2) is 30.9 Å². The first-order valence-electron chi connectivity index (χ1n) is 5.72. The molecule has 1 N–H and O–H groups in total. The zero-order chi connectivity index (χ0) is 13.6. The van der Waals surface area contributed by atoms with E-state index < -0.39 is 12.8 Å². The normalized spacial score (nSPS) is 13.8. The Kier molecular flexibility index (Phi) is 6.04. The zero-order valence-corrected chi connectivity index (χ0v) is 11.2. The van der Waals surface area contributed by atoms with Crippen LogP contribution in [0.25, 0.3) is 0 Å². The predicted molar refractivity (Wildman–Crippen MR) is 64.8 cm³/mol. The van der Waals surface area contributed by atoms with Crippen LogP contribution in [0.2, 0.25) is 0 Å². The number of thiazole rings is 1. The summed E-state index contributed by atoms with van der Waals surface area (Å²) in [6.45, 7) is 4.42. The molecule has 18 heavy (non-hydrogen) atoms. The molecule has 0 aromatic carbocycles. The van der Waals surface area contributed by atoms with Crippen LogP contribution in [0, 0.1) is 0 Å². The lowest BCUT2D eigenvalue weighted by Crippen LogP contribution is -2.19. The lowest BCUT2D eigenvalue weighted by atomic mass is 10.1. The largest absolute Gasteiger partial charge is 0.411 e. The summed E-state index contributed by atoms with van der Waals surface area (Å²) in [5.41, 5.74) is 0.895. The highest BCUT2D eigenvalue weighted by Crippen LogP contribution is 2.20. The van der Waals surface area contributed by atoms with E-state index in [1.165, 1.54) is 11.3 Å². The topological polar surface area (TPSA) is 34.1 Å². The van der Waals surface area contributed by atoms with Crippen molar-refractivity contribution < 1.29 is 17.9 Å². The Bertz CT molecular complexity index is 354. The molecule has 1 atom stereocenters. The Labute approximate surface area is 108 Å². The van der Waals surface area contributed by atoms with Crippen LogP contribution in [0.15, 0.2) is 5.38 Å². The van der Waals surface area contributed by atoms with E-state index in [2.05, 4.69) is 15.0 Å². The van der Waals surface area contributed by atoms with Crippen LogP contribution in [-0.2, 0) is 11.3 Å². The van der Waals surface area contributed by atoms with Gasteiger partial charge in [-0.3, -0.25) is 0 Å². The summed E-state index contributed by atoms with van der Waals surface area (Å²) in [4.78, 5) is 4.27. The van der Waals surface area contributed by atoms with Gasteiger partial charge in [0.25, 0.3) is 0 Å². The summed E-state index contributed by atoms with van der Waals surface area (Å²) in [5, 5.41) is 5.65. The second-order valence-corrected chi connectivity index (χ2v) is 4.93. The fourth-order valence-electron chi connectivity index (χ4n) is 1.34. The van der Waals surface area contributed by atoms with Gasteiger partial charge in [0.1, 0.15) is 11.6 Å². The van der Waals surface area contributed by atoms with Crippen molar-refractivity contribution in [2.24, 2.45) is 0 Å². The number of nitrogens with zero attached hydrogens (tertiary/aromatic N) is 1. The Balaban J connectivity index is 2.38. The summed E-state index contributed by atoms with van der Waals surface area (Å²) in [6, 6.07) is 0. The van der Waals surface area contributed by atoms with Gasteiger partial charge in [0, 0.05) is 17.8 Å². The quantitative estimate of drug-likeness (QED) is 0.835. The SMILES string of the molecule is CCNCC(C)c1csc(COCC(F)(F)F)n1. The molecule has 1 unspecified atom stereocenters. The molecule has 3 nitrogen and oxygen atoms in total. The first kappa shape index (κ1) is 15.4. The number of nitrogens with one attached hydrogen (secondary N) is 1. The number of halogens is 3. The second-order valence-electron chi connectivity index (χ2n) is 3.98. The van der Waals surface area contributed by atoms with E-state index in [4.69, 9.17) is 0 Å². The average molecular weight is 282 g/mol. The molecule has 0 spiro atoms. The summed E-state index contributed by atoms with van der Waals surface area (Å²) in [6.07, 6.45) is -4.28. The molecular formula is C11H17F3N2OS. The molecule has 0 radical (unpaired) electrons. The molecule has 1 heterocycles. The summed E-state index contributed by atoms with van der Waals surface area (Å²) >= 11 is 1.33. The van der Waals surface area contributed by atoms with Crippen molar-refractivity contribution in [2.75, 3.05) is 19.7 Å². The summed E-state index contributed by atoms with van der Waals surface area (Å²) in [7, 11) is 0. The van der Waals surface area contributed by atoms with Crippen molar-refractivity contribution in [2.45, 2.75) is 32.5 Å². The second kappa shape index (κ2) is 7.06. The molecule has 7 heteroatoms. The molecule has 1 aromatic heterocycles. The van der Waals surface area contributed by atoms with Crippen molar-refractivity contribution in [1.82, 2.24) is 10.3 Å². The molecule has 0 saturated heterocycles. The Morgan fingerprint density at radius 3 is 2.83 bits per heavy atom. The number of hydrogen-bond donors (Lipinski definition) is 1. The molecule has 0 aliphatic heterocycles. The third kappa shape index (κ3) is 5.79. The lowest BCUT2D eigenvalue weighted by Gasteiger charge is -2.08. The van der Waals surface area contributed by atoms with Gasteiger partial charge in [-0.15, -0.1) is 11.3 Å². The standard InChI is InChI=1S/C11H17F3N2OS/c1-3-15-4-8(2)9-6-18-10(16-9)5-17-7-11(12,13)14/h6,8,15H,3-5,7H2,1-2H3. The van der Waals surface area contributed by atoms with Gasteiger partial charge >= 0.3 is 6.18 Å². The third-order valence-corrected chi connectivity index (χ3v) is 3.11. The molecule has 0 aliphatic carbocycles. The molecule has 0 fully saturated rings. The van der Waals surface area contributed by atoms with Gasteiger partial charge in [-0.1, -0.05) is 13.8 Å². The molecule has 104 valence electrons. The maximum atomic E-state index is 11.9. The van der Waals surface area contributed by atoms with Crippen molar-refractivity contribution in [3.05, 3.63) is 16.1 Å². The van der Waals surface area contributed by atoms with Crippen molar-refractivity contribution in [3.63, 3.8) is 0 Å². The summed E-state index contributed by atoms with van der Waals surface area (Å²) in [5.74, 6) is 0.248. The number of hydrogen-bond acceptors (Lipinski definition) is 4. The average Bonchev–Trinajstić information content (AvgIpc) is 2.73. The third-order valence-electron chi connectivity index (χ3n) is 2.27. The number of aromatic nitrogens is 1. The van der Waals surface area contributed by atoms with Gasteiger partial charge in [0.05, 0.1) is 12.3 Å². The van der Waals surface area contributed by atoms with E-state index in [-0.39, 0.29) is 12.5 Å². The lowest BCUT2D eigenvalue weighted by molar-refractivity contribution is -0.176. The predicted octanol–water partition coefficient (Wildman–Crippen LogP) is 2.94. The van der Waals surface area contributed by atoms with Crippen LogP contribution < -0.4 is 5.32 Å². The van der Waals surface area contributed by atoms with Crippen LogP contribution >= 0.6 is 11.3 Å². The monoisotopic (exact) mass is 282 g/mol. The van der Waals surface area contributed by atoms with Gasteiger partial charge < -0.3 is 10.1 Å². The van der Waals surface area contributed by atoms with Crippen molar-refractivity contribution in [1.29, 1.82) is 0 Å². The fourth-order valence-corrected chi connectivity index (χ4v) is 2.19.